The maximum absolute atomic E-state index is 5.70. The molecule has 18 heavy (non-hydrogen) atoms. The lowest BCUT2D eigenvalue weighted by molar-refractivity contribution is 0.710. The number of para-hydroxylation sites is 1. The number of aromatic nitrogens is 1. The van der Waals surface area contributed by atoms with Crippen molar-refractivity contribution in [2.75, 3.05) is 17.2 Å². The highest BCUT2D eigenvalue weighted by molar-refractivity contribution is 7.13. The zero-order chi connectivity index (χ0) is 12.4. The first-order valence-corrected chi connectivity index (χ1v) is 7.23. The van der Waals surface area contributed by atoms with Gasteiger partial charge in [-0.25, -0.2) is 4.98 Å². The van der Waals surface area contributed by atoms with Crippen LogP contribution < -0.4 is 10.6 Å². The lowest BCUT2D eigenvalue weighted by Gasteiger charge is -2.23. The highest BCUT2D eigenvalue weighted by Gasteiger charge is 2.15. The van der Waals surface area contributed by atoms with Crippen LogP contribution in [0.1, 0.15) is 24.1 Å². The zero-order valence-electron chi connectivity index (χ0n) is 10.3. The van der Waals surface area contributed by atoms with Gasteiger partial charge in [-0.05, 0) is 30.9 Å². The van der Waals surface area contributed by atoms with E-state index in [0.717, 1.165) is 18.8 Å². The summed E-state index contributed by atoms with van der Waals surface area (Å²) >= 11 is 1.52. The molecule has 2 N–H and O–H groups in total. The first-order chi connectivity index (χ1) is 8.83. The summed E-state index contributed by atoms with van der Waals surface area (Å²) in [5, 5.41) is 2.72. The highest BCUT2D eigenvalue weighted by Crippen LogP contribution is 2.27. The summed E-state index contributed by atoms with van der Waals surface area (Å²) in [6.07, 6.45) is 3.70. The molecule has 94 valence electrons. The summed E-state index contributed by atoms with van der Waals surface area (Å²) in [5.74, 6) is 0. The number of benzene rings is 1. The number of anilines is 2. The van der Waals surface area contributed by atoms with Crippen molar-refractivity contribution >= 4 is 22.2 Å². The number of nitrogen functional groups attached to an aromatic ring is 1. The Hall–Kier alpha value is -1.55. The third-order valence-corrected chi connectivity index (χ3v) is 4.10. The van der Waals surface area contributed by atoms with Gasteiger partial charge in [0.05, 0.1) is 12.2 Å². The highest BCUT2D eigenvalue weighted by atomic mass is 32.1. The van der Waals surface area contributed by atoms with Gasteiger partial charge in [-0.3, -0.25) is 0 Å². The number of aryl methyl sites for hydroxylation is 1. The smallest absolute Gasteiger partial charge is 0.180 e. The van der Waals surface area contributed by atoms with Crippen LogP contribution in [0.15, 0.2) is 29.6 Å². The number of rotatable bonds is 2. The standard InChI is InChI=1S/C14H17N3S/c15-14-16-12(10-18-14)9-17-8-4-3-6-11-5-1-2-7-13(11)17/h1-2,5,7,10H,3-4,6,8-9H2,(H2,15,16). The van der Waals surface area contributed by atoms with Crippen molar-refractivity contribution in [1.29, 1.82) is 0 Å². The van der Waals surface area contributed by atoms with E-state index >= 15 is 0 Å². The van der Waals surface area contributed by atoms with E-state index in [9.17, 15) is 0 Å². The number of fused-ring (bicyclic) bond motifs is 1. The van der Waals surface area contributed by atoms with Crippen LogP contribution in [0.25, 0.3) is 0 Å². The molecule has 1 aromatic heterocycles. The van der Waals surface area contributed by atoms with Crippen LogP contribution in [0.4, 0.5) is 10.8 Å². The maximum Gasteiger partial charge on any atom is 0.180 e. The Kier molecular flexibility index (Phi) is 3.19. The van der Waals surface area contributed by atoms with Crippen molar-refractivity contribution in [3.05, 3.63) is 40.9 Å². The SMILES string of the molecule is Nc1nc(CN2CCCCc3ccccc32)cs1. The predicted octanol–water partition coefficient (Wildman–Crippen LogP) is 3.07. The summed E-state index contributed by atoms with van der Waals surface area (Å²) in [5.41, 5.74) is 9.60. The van der Waals surface area contributed by atoms with Gasteiger partial charge < -0.3 is 10.6 Å². The topological polar surface area (TPSA) is 42.1 Å². The van der Waals surface area contributed by atoms with Crippen molar-refractivity contribution in [3.63, 3.8) is 0 Å². The number of nitrogens with zero attached hydrogens (tertiary/aromatic N) is 2. The Morgan fingerprint density at radius 1 is 1.28 bits per heavy atom. The van der Waals surface area contributed by atoms with Crippen molar-refractivity contribution in [2.24, 2.45) is 0 Å². The molecule has 2 heterocycles. The lowest BCUT2D eigenvalue weighted by atomic mass is 10.1. The van der Waals surface area contributed by atoms with Gasteiger partial charge in [0, 0.05) is 17.6 Å². The van der Waals surface area contributed by atoms with Gasteiger partial charge in [-0.2, -0.15) is 0 Å². The van der Waals surface area contributed by atoms with Gasteiger partial charge in [0.15, 0.2) is 5.13 Å². The van der Waals surface area contributed by atoms with Gasteiger partial charge in [0.25, 0.3) is 0 Å². The molecular weight excluding hydrogens is 242 g/mol. The number of thiazole rings is 1. The lowest BCUT2D eigenvalue weighted by Crippen LogP contribution is -2.23. The van der Waals surface area contributed by atoms with Crippen LogP contribution in [-0.2, 0) is 13.0 Å². The van der Waals surface area contributed by atoms with Gasteiger partial charge in [-0.1, -0.05) is 18.2 Å². The van der Waals surface area contributed by atoms with Gasteiger partial charge in [-0.15, -0.1) is 11.3 Å². The van der Waals surface area contributed by atoms with Crippen molar-refractivity contribution < 1.29 is 0 Å². The van der Waals surface area contributed by atoms with Crippen molar-refractivity contribution in [1.82, 2.24) is 4.98 Å². The van der Waals surface area contributed by atoms with E-state index in [1.807, 2.05) is 0 Å². The fraction of sp³-hybridized carbons (Fsp3) is 0.357. The molecule has 3 nitrogen and oxygen atoms in total. The van der Waals surface area contributed by atoms with E-state index in [1.54, 1.807) is 0 Å². The van der Waals surface area contributed by atoms with E-state index in [4.69, 9.17) is 5.73 Å². The largest absolute Gasteiger partial charge is 0.375 e. The zero-order valence-corrected chi connectivity index (χ0v) is 11.1. The van der Waals surface area contributed by atoms with E-state index in [2.05, 4.69) is 39.5 Å². The molecule has 0 spiro atoms. The van der Waals surface area contributed by atoms with Crippen LogP contribution in [0.5, 0.6) is 0 Å². The molecular formula is C14H17N3S. The Bertz CT molecular complexity index is 535. The average molecular weight is 259 g/mol. The first-order valence-electron chi connectivity index (χ1n) is 6.35. The molecule has 0 unspecified atom stereocenters. The molecule has 1 aliphatic rings. The Balaban J connectivity index is 1.87. The molecule has 0 saturated carbocycles. The predicted molar refractivity (Wildman–Crippen MR) is 77.0 cm³/mol. The third kappa shape index (κ3) is 2.34. The molecule has 0 radical (unpaired) electrons. The summed E-state index contributed by atoms with van der Waals surface area (Å²) in [4.78, 5) is 6.79. The first kappa shape index (κ1) is 11.5. The molecule has 4 heteroatoms. The molecule has 1 aliphatic heterocycles. The molecule has 1 aromatic carbocycles. The average Bonchev–Trinajstić information content (AvgIpc) is 2.68. The molecule has 0 fully saturated rings. The molecule has 0 bridgehead atoms. The summed E-state index contributed by atoms with van der Waals surface area (Å²) in [6, 6.07) is 8.70. The normalized spacial score (nSPS) is 15.2. The third-order valence-electron chi connectivity index (χ3n) is 3.38. The van der Waals surface area contributed by atoms with Gasteiger partial charge in [0.1, 0.15) is 0 Å². The second-order valence-corrected chi connectivity index (χ2v) is 5.57. The fourth-order valence-electron chi connectivity index (χ4n) is 2.52. The van der Waals surface area contributed by atoms with Crippen LogP contribution in [0.3, 0.4) is 0 Å². The molecule has 0 aliphatic carbocycles. The Morgan fingerprint density at radius 2 is 2.17 bits per heavy atom. The van der Waals surface area contributed by atoms with Crippen molar-refractivity contribution in [3.8, 4) is 0 Å². The maximum atomic E-state index is 5.70. The molecule has 3 rings (SSSR count). The van der Waals surface area contributed by atoms with Gasteiger partial charge in [0.2, 0.25) is 0 Å². The Morgan fingerprint density at radius 3 is 3.00 bits per heavy atom. The van der Waals surface area contributed by atoms with Gasteiger partial charge >= 0.3 is 0 Å². The second-order valence-electron chi connectivity index (χ2n) is 4.68. The van der Waals surface area contributed by atoms with Crippen LogP contribution in [-0.4, -0.2) is 11.5 Å². The van der Waals surface area contributed by atoms with E-state index < -0.39 is 0 Å². The minimum Gasteiger partial charge on any atom is -0.375 e. The van der Waals surface area contributed by atoms with E-state index in [-0.39, 0.29) is 0 Å². The van der Waals surface area contributed by atoms with E-state index in [1.165, 1.54) is 41.9 Å². The monoisotopic (exact) mass is 259 g/mol. The van der Waals surface area contributed by atoms with Crippen LogP contribution >= 0.6 is 11.3 Å². The summed E-state index contributed by atoms with van der Waals surface area (Å²) in [6.45, 7) is 1.97. The second kappa shape index (κ2) is 4.98. The van der Waals surface area contributed by atoms with Crippen LogP contribution in [0, 0.1) is 0 Å². The fourth-order valence-corrected chi connectivity index (χ4v) is 3.08. The molecule has 0 saturated heterocycles. The summed E-state index contributed by atoms with van der Waals surface area (Å²) < 4.78 is 0. The number of hydrogen-bond donors (Lipinski definition) is 1. The minimum absolute atomic E-state index is 0.660. The minimum atomic E-state index is 0.660. The van der Waals surface area contributed by atoms with Crippen LogP contribution in [0.2, 0.25) is 0 Å². The molecule has 0 amide bonds. The quantitative estimate of drug-likeness (QED) is 0.901. The van der Waals surface area contributed by atoms with Crippen molar-refractivity contribution in [2.45, 2.75) is 25.8 Å². The Labute approximate surface area is 111 Å². The number of nitrogens with two attached hydrogens (primary N) is 1. The number of hydrogen-bond acceptors (Lipinski definition) is 4. The molecule has 2 aromatic rings. The molecule has 0 atom stereocenters. The summed E-state index contributed by atoms with van der Waals surface area (Å²) in [7, 11) is 0. The van der Waals surface area contributed by atoms with E-state index in [0.29, 0.717) is 5.13 Å².